The lowest BCUT2D eigenvalue weighted by Gasteiger charge is -2.42. The molecule has 0 amide bonds. The molecule has 24 heavy (non-hydrogen) atoms. The molecule has 1 aliphatic heterocycles. The quantitative estimate of drug-likeness (QED) is 0.863. The molecule has 2 aromatic carbocycles. The Morgan fingerprint density at radius 2 is 1.67 bits per heavy atom. The fourth-order valence-electron chi connectivity index (χ4n) is 3.13. The maximum atomic E-state index is 5.99. The van der Waals surface area contributed by atoms with Gasteiger partial charge in [0.05, 0.1) is 24.5 Å². The third kappa shape index (κ3) is 3.75. The van der Waals surface area contributed by atoms with Gasteiger partial charge in [0, 0.05) is 12.1 Å². The number of anilines is 2. The van der Waals surface area contributed by atoms with Crippen molar-refractivity contribution in [1.29, 1.82) is 0 Å². The highest BCUT2D eigenvalue weighted by Gasteiger charge is 2.28. The van der Waals surface area contributed by atoms with Gasteiger partial charge in [0.1, 0.15) is 6.61 Å². The Hall–Kier alpha value is -2.36. The molecule has 0 saturated carbocycles. The number of ether oxygens (including phenoxy) is 2. The number of fused-ring (bicyclic) bond motifs is 1. The Morgan fingerprint density at radius 3 is 2.42 bits per heavy atom. The first-order valence-electron chi connectivity index (χ1n) is 8.56. The topological polar surface area (TPSA) is 33.7 Å². The van der Waals surface area contributed by atoms with Gasteiger partial charge in [-0.1, -0.05) is 24.3 Å². The second kappa shape index (κ2) is 7.04. The predicted molar refractivity (Wildman–Crippen MR) is 99.5 cm³/mol. The normalized spacial score (nSPS) is 15.4. The lowest BCUT2D eigenvalue weighted by Crippen LogP contribution is -2.49. The zero-order valence-electron chi connectivity index (χ0n) is 14.7. The summed E-state index contributed by atoms with van der Waals surface area (Å²) in [4.78, 5) is 2.38. The molecule has 128 valence electrons. The zero-order valence-corrected chi connectivity index (χ0v) is 14.7. The van der Waals surface area contributed by atoms with Crippen LogP contribution in [0.3, 0.4) is 0 Å². The van der Waals surface area contributed by atoms with Crippen LogP contribution in [-0.2, 0) is 0 Å². The van der Waals surface area contributed by atoms with E-state index in [1.54, 1.807) is 0 Å². The predicted octanol–water partition coefficient (Wildman–Crippen LogP) is 4.17. The molecule has 0 radical (unpaired) electrons. The lowest BCUT2D eigenvalue weighted by molar-refractivity contribution is 0.279. The number of hydrogen-bond donors (Lipinski definition) is 1. The summed E-state index contributed by atoms with van der Waals surface area (Å²) in [6.45, 7) is 9.47. The summed E-state index contributed by atoms with van der Waals surface area (Å²) in [6, 6.07) is 16.3. The van der Waals surface area contributed by atoms with Crippen LogP contribution in [-0.4, -0.2) is 31.8 Å². The molecule has 4 heteroatoms. The Balaban J connectivity index is 1.67. The van der Waals surface area contributed by atoms with Crippen LogP contribution in [0.15, 0.2) is 48.5 Å². The summed E-state index contributed by atoms with van der Waals surface area (Å²) in [7, 11) is 0. The van der Waals surface area contributed by atoms with Crippen LogP contribution < -0.4 is 19.7 Å². The molecule has 4 nitrogen and oxygen atoms in total. The smallest absolute Gasteiger partial charge is 0.161 e. The molecule has 1 N–H and O–H groups in total. The summed E-state index contributed by atoms with van der Waals surface area (Å²) < 4.78 is 11.6. The van der Waals surface area contributed by atoms with E-state index in [4.69, 9.17) is 9.47 Å². The highest BCUT2D eigenvalue weighted by Crippen LogP contribution is 2.34. The fourth-order valence-corrected chi connectivity index (χ4v) is 3.13. The highest BCUT2D eigenvalue weighted by molar-refractivity contribution is 5.73. The maximum absolute atomic E-state index is 5.99. The van der Waals surface area contributed by atoms with E-state index < -0.39 is 0 Å². The first-order chi connectivity index (χ1) is 11.6. The fraction of sp³-hybridized carbons (Fsp3) is 0.400. The second-order valence-electron chi connectivity index (χ2n) is 6.68. The summed E-state index contributed by atoms with van der Waals surface area (Å²) in [5, 5.41) is 3.60. The molecule has 0 atom stereocenters. The minimum atomic E-state index is 0.0393. The largest absolute Gasteiger partial charge is 0.490 e. The molecule has 2 aromatic rings. The van der Waals surface area contributed by atoms with E-state index in [1.165, 1.54) is 11.4 Å². The number of nitrogens with one attached hydrogen (secondary N) is 1. The number of hydrogen-bond acceptors (Lipinski definition) is 4. The van der Waals surface area contributed by atoms with E-state index >= 15 is 0 Å². The number of benzene rings is 2. The Morgan fingerprint density at radius 1 is 1.00 bits per heavy atom. The van der Waals surface area contributed by atoms with Gasteiger partial charge < -0.3 is 19.7 Å². The van der Waals surface area contributed by atoms with Crippen LogP contribution in [0.2, 0.25) is 0 Å². The molecule has 0 fully saturated rings. The molecule has 1 aliphatic rings. The molecule has 0 unspecified atom stereocenters. The molecule has 0 aromatic heterocycles. The number of rotatable bonds is 6. The first kappa shape index (κ1) is 16.5. The van der Waals surface area contributed by atoms with E-state index in [0.717, 1.165) is 24.6 Å². The van der Waals surface area contributed by atoms with Crippen molar-refractivity contribution in [2.75, 3.05) is 36.5 Å². The first-order valence-corrected chi connectivity index (χ1v) is 8.56. The summed E-state index contributed by atoms with van der Waals surface area (Å²) >= 11 is 0. The standard InChI is InChI=1S/C20H26N2O2/c1-4-23-18-11-7-8-12-19(18)24-14-13-22-15-20(2,3)21-16-9-5-6-10-17(16)22/h5-12,21H,4,13-15H2,1-3H3. The summed E-state index contributed by atoms with van der Waals surface area (Å²) in [5.74, 6) is 1.61. The van der Waals surface area contributed by atoms with Crippen LogP contribution in [0, 0.1) is 0 Å². The minimum absolute atomic E-state index is 0.0393. The molecule has 1 heterocycles. The molecule has 0 aliphatic carbocycles. The maximum Gasteiger partial charge on any atom is 0.161 e. The van der Waals surface area contributed by atoms with Gasteiger partial charge in [0.25, 0.3) is 0 Å². The van der Waals surface area contributed by atoms with E-state index in [1.807, 2.05) is 31.2 Å². The van der Waals surface area contributed by atoms with E-state index in [0.29, 0.717) is 13.2 Å². The molecular formula is C20H26N2O2. The van der Waals surface area contributed by atoms with E-state index in [-0.39, 0.29) is 5.54 Å². The number of nitrogens with zero attached hydrogens (tertiary/aromatic N) is 1. The van der Waals surface area contributed by atoms with Gasteiger partial charge >= 0.3 is 0 Å². The molecule has 3 rings (SSSR count). The van der Waals surface area contributed by atoms with E-state index in [2.05, 4.69) is 48.3 Å². The molecular weight excluding hydrogens is 300 g/mol. The van der Waals surface area contributed by atoms with Crippen molar-refractivity contribution in [2.24, 2.45) is 0 Å². The van der Waals surface area contributed by atoms with Crippen molar-refractivity contribution in [3.63, 3.8) is 0 Å². The highest BCUT2D eigenvalue weighted by atomic mass is 16.5. The summed E-state index contributed by atoms with van der Waals surface area (Å²) in [5.41, 5.74) is 2.46. The van der Waals surface area contributed by atoms with Crippen LogP contribution in [0.4, 0.5) is 11.4 Å². The monoisotopic (exact) mass is 326 g/mol. The van der Waals surface area contributed by atoms with Crippen LogP contribution in [0.5, 0.6) is 11.5 Å². The van der Waals surface area contributed by atoms with Gasteiger partial charge in [-0.2, -0.15) is 0 Å². The average molecular weight is 326 g/mol. The van der Waals surface area contributed by atoms with Crippen molar-refractivity contribution in [1.82, 2.24) is 0 Å². The van der Waals surface area contributed by atoms with Gasteiger partial charge in [-0.3, -0.25) is 0 Å². The number of para-hydroxylation sites is 4. The Bertz CT molecular complexity index is 685. The third-order valence-corrected chi connectivity index (χ3v) is 4.07. The average Bonchev–Trinajstić information content (AvgIpc) is 2.55. The third-order valence-electron chi connectivity index (χ3n) is 4.07. The van der Waals surface area contributed by atoms with Gasteiger partial charge in [0.2, 0.25) is 0 Å². The molecule has 0 bridgehead atoms. The van der Waals surface area contributed by atoms with Gasteiger partial charge in [0.15, 0.2) is 11.5 Å². The van der Waals surface area contributed by atoms with Crippen molar-refractivity contribution in [3.8, 4) is 11.5 Å². The Kier molecular flexibility index (Phi) is 4.84. The van der Waals surface area contributed by atoms with Gasteiger partial charge in [-0.15, -0.1) is 0 Å². The molecule has 0 spiro atoms. The van der Waals surface area contributed by atoms with Crippen molar-refractivity contribution in [2.45, 2.75) is 26.3 Å². The van der Waals surface area contributed by atoms with Crippen LogP contribution >= 0.6 is 0 Å². The van der Waals surface area contributed by atoms with Crippen molar-refractivity contribution in [3.05, 3.63) is 48.5 Å². The van der Waals surface area contributed by atoms with Crippen molar-refractivity contribution >= 4 is 11.4 Å². The molecule has 0 saturated heterocycles. The minimum Gasteiger partial charge on any atom is -0.490 e. The van der Waals surface area contributed by atoms with Crippen LogP contribution in [0.1, 0.15) is 20.8 Å². The van der Waals surface area contributed by atoms with Crippen molar-refractivity contribution < 1.29 is 9.47 Å². The SMILES string of the molecule is CCOc1ccccc1OCCN1CC(C)(C)Nc2ccccc21. The van der Waals surface area contributed by atoms with Crippen LogP contribution in [0.25, 0.3) is 0 Å². The summed E-state index contributed by atoms with van der Waals surface area (Å²) in [6.07, 6.45) is 0. The van der Waals surface area contributed by atoms with Gasteiger partial charge in [-0.05, 0) is 45.0 Å². The van der Waals surface area contributed by atoms with E-state index in [9.17, 15) is 0 Å². The second-order valence-corrected chi connectivity index (χ2v) is 6.68. The lowest BCUT2D eigenvalue weighted by atomic mass is 9.99. The Labute approximate surface area is 144 Å². The van der Waals surface area contributed by atoms with Gasteiger partial charge in [-0.25, -0.2) is 0 Å². The zero-order chi connectivity index (χ0) is 17.0.